The Labute approximate surface area is 108 Å². The van der Waals surface area contributed by atoms with Crippen LogP contribution < -0.4 is 5.73 Å². The Morgan fingerprint density at radius 2 is 1.89 bits per heavy atom. The lowest BCUT2D eigenvalue weighted by molar-refractivity contribution is -0.136. The zero-order valence-corrected chi connectivity index (χ0v) is 11.6. The van der Waals surface area contributed by atoms with E-state index in [0.717, 1.165) is 0 Å². The number of nitrogens with zero attached hydrogens (tertiary/aromatic N) is 2. The van der Waals surface area contributed by atoms with Gasteiger partial charge in [0.2, 0.25) is 5.91 Å². The van der Waals surface area contributed by atoms with Crippen molar-refractivity contribution in [2.24, 2.45) is 22.7 Å². The standard InChI is InChI=1S/C12H25N3O3/c1-8(2)10(11(13)14-18)12(17)15(9(3)4)6-5-7-16/h8-10,16,18H,5-7H2,1-4H3,(H2,13,14). The monoisotopic (exact) mass is 259 g/mol. The molecule has 0 heterocycles. The summed E-state index contributed by atoms with van der Waals surface area (Å²) in [5.41, 5.74) is 5.59. The van der Waals surface area contributed by atoms with Crippen LogP contribution in [-0.2, 0) is 4.79 Å². The smallest absolute Gasteiger partial charge is 0.233 e. The third kappa shape index (κ3) is 4.52. The van der Waals surface area contributed by atoms with E-state index in [1.54, 1.807) is 4.90 Å². The molecule has 0 fully saturated rings. The van der Waals surface area contributed by atoms with Crippen molar-refractivity contribution in [3.63, 3.8) is 0 Å². The van der Waals surface area contributed by atoms with E-state index < -0.39 is 5.92 Å². The summed E-state index contributed by atoms with van der Waals surface area (Å²) in [7, 11) is 0. The average Bonchev–Trinajstić information content (AvgIpc) is 2.28. The first kappa shape index (κ1) is 16.7. The molecule has 0 aliphatic rings. The van der Waals surface area contributed by atoms with Gasteiger partial charge >= 0.3 is 0 Å². The van der Waals surface area contributed by atoms with E-state index >= 15 is 0 Å². The second-order valence-electron chi connectivity index (χ2n) is 4.95. The Morgan fingerprint density at radius 3 is 2.22 bits per heavy atom. The van der Waals surface area contributed by atoms with Gasteiger partial charge in [-0.05, 0) is 26.2 Å². The van der Waals surface area contributed by atoms with E-state index in [1.165, 1.54) is 0 Å². The Hall–Kier alpha value is -1.30. The van der Waals surface area contributed by atoms with Crippen LogP contribution in [0.15, 0.2) is 5.16 Å². The molecular weight excluding hydrogens is 234 g/mol. The summed E-state index contributed by atoms with van der Waals surface area (Å²) in [6.45, 7) is 8.01. The zero-order chi connectivity index (χ0) is 14.3. The molecule has 0 bridgehead atoms. The number of carbonyl (C=O) groups is 1. The van der Waals surface area contributed by atoms with Crippen LogP contribution in [0.25, 0.3) is 0 Å². The van der Waals surface area contributed by atoms with Crippen LogP contribution >= 0.6 is 0 Å². The maximum atomic E-state index is 12.4. The van der Waals surface area contributed by atoms with Crippen molar-refractivity contribution in [1.29, 1.82) is 0 Å². The SMILES string of the molecule is CC(C)C(C(=O)N(CCCO)C(C)C)C(N)=NO. The number of carbonyl (C=O) groups excluding carboxylic acids is 1. The minimum atomic E-state index is -0.629. The Balaban J connectivity index is 5.01. The van der Waals surface area contributed by atoms with Gasteiger partial charge in [-0.3, -0.25) is 4.79 Å². The van der Waals surface area contributed by atoms with Gasteiger partial charge in [-0.15, -0.1) is 0 Å². The second-order valence-corrected chi connectivity index (χ2v) is 4.95. The molecule has 0 aromatic rings. The van der Waals surface area contributed by atoms with Gasteiger partial charge in [0.15, 0.2) is 5.84 Å². The van der Waals surface area contributed by atoms with E-state index in [-0.39, 0.29) is 30.3 Å². The Kier molecular flexibility index (Phi) is 7.35. The normalized spacial score (nSPS) is 14.1. The minimum Gasteiger partial charge on any atom is -0.409 e. The largest absolute Gasteiger partial charge is 0.409 e. The molecule has 18 heavy (non-hydrogen) atoms. The van der Waals surface area contributed by atoms with Crippen molar-refractivity contribution in [3.05, 3.63) is 0 Å². The highest BCUT2D eigenvalue weighted by Gasteiger charge is 2.31. The molecule has 0 aromatic heterocycles. The highest BCUT2D eigenvalue weighted by Crippen LogP contribution is 2.17. The maximum Gasteiger partial charge on any atom is 0.233 e. The van der Waals surface area contributed by atoms with Gasteiger partial charge in [0.1, 0.15) is 5.92 Å². The van der Waals surface area contributed by atoms with Crippen LogP contribution in [0, 0.1) is 11.8 Å². The minimum absolute atomic E-state index is 0.0109. The van der Waals surface area contributed by atoms with Crippen LogP contribution in [-0.4, -0.2) is 46.1 Å². The summed E-state index contributed by atoms with van der Waals surface area (Å²) in [6.07, 6.45) is 0.519. The van der Waals surface area contributed by atoms with Crippen LogP contribution in [0.2, 0.25) is 0 Å². The zero-order valence-electron chi connectivity index (χ0n) is 11.6. The highest BCUT2D eigenvalue weighted by atomic mass is 16.4. The molecule has 0 aliphatic carbocycles. The van der Waals surface area contributed by atoms with E-state index in [1.807, 2.05) is 27.7 Å². The fraction of sp³-hybridized carbons (Fsp3) is 0.833. The Bertz CT molecular complexity index is 290. The first-order chi connectivity index (χ1) is 8.36. The van der Waals surface area contributed by atoms with Crippen LogP contribution in [0.1, 0.15) is 34.1 Å². The number of rotatable bonds is 7. The Morgan fingerprint density at radius 1 is 1.33 bits per heavy atom. The van der Waals surface area contributed by atoms with Crippen molar-refractivity contribution < 1.29 is 15.1 Å². The summed E-state index contributed by atoms with van der Waals surface area (Å²) in [5, 5.41) is 20.6. The molecule has 4 N–H and O–H groups in total. The van der Waals surface area contributed by atoms with Gasteiger partial charge in [0.05, 0.1) is 0 Å². The molecule has 0 spiro atoms. The molecule has 1 atom stereocenters. The van der Waals surface area contributed by atoms with Crippen LogP contribution in [0.3, 0.4) is 0 Å². The van der Waals surface area contributed by atoms with E-state index in [4.69, 9.17) is 16.0 Å². The molecule has 0 radical (unpaired) electrons. The average molecular weight is 259 g/mol. The quantitative estimate of drug-likeness (QED) is 0.270. The van der Waals surface area contributed by atoms with E-state index in [9.17, 15) is 4.79 Å². The fourth-order valence-electron chi connectivity index (χ4n) is 1.86. The highest BCUT2D eigenvalue weighted by molar-refractivity contribution is 6.02. The molecule has 106 valence electrons. The number of amides is 1. The molecule has 0 saturated carbocycles. The molecule has 0 aliphatic heterocycles. The maximum absolute atomic E-state index is 12.4. The molecule has 0 rings (SSSR count). The predicted octanol–water partition coefficient (Wildman–Crippen LogP) is 0.624. The molecule has 0 aromatic carbocycles. The first-order valence-corrected chi connectivity index (χ1v) is 6.25. The third-order valence-corrected chi connectivity index (χ3v) is 2.83. The molecule has 6 nitrogen and oxygen atoms in total. The summed E-state index contributed by atoms with van der Waals surface area (Å²) < 4.78 is 0. The van der Waals surface area contributed by atoms with Crippen molar-refractivity contribution in [2.45, 2.75) is 40.2 Å². The van der Waals surface area contributed by atoms with Crippen LogP contribution in [0.5, 0.6) is 0 Å². The van der Waals surface area contributed by atoms with Gasteiger partial charge in [-0.2, -0.15) is 0 Å². The molecule has 6 heteroatoms. The number of amidine groups is 1. The lowest BCUT2D eigenvalue weighted by Crippen LogP contribution is -2.47. The van der Waals surface area contributed by atoms with Crippen LogP contribution in [0.4, 0.5) is 0 Å². The lowest BCUT2D eigenvalue weighted by Gasteiger charge is -2.31. The number of hydrogen-bond donors (Lipinski definition) is 3. The summed E-state index contributed by atoms with van der Waals surface area (Å²) >= 11 is 0. The van der Waals surface area contributed by atoms with Gasteiger partial charge < -0.3 is 20.9 Å². The van der Waals surface area contributed by atoms with Gasteiger partial charge in [-0.25, -0.2) is 0 Å². The predicted molar refractivity (Wildman–Crippen MR) is 70.3 cm³/mol. The molecule has 1 amide bonds. The second kappa shape index (κ2) is 7.92. The topological polar surface area (TPSA) is 99.2 Å². The first-order valence-electron chi connectivity index (χ1n) is 6.25. The van der Waals surface area contributed by atoms with Crippen molar-refractivity contribution in [1.82, 2.24) is 4.90 Å². The lowest BCUT2D eigenvalue weighted by atomic mass is 9.92. The molecule has 0 saturated heterocycles. The van der Waals surface area contributed by atoms with Crippen molar-refractivity contribution in [2.75, 3.05) is 13.2 Å². The van der Waals surface area contributed by atoms with Crippen molar-refractivity contribution >= 4 is 11.7 Å². The van der Waals surface area contributed by atoms with Gasteiger partial charge in [-0.1, -0.05) is 19.0 Å². The number of nitrogens with two attached hydrogens (primary N) is 1. The molecule has 1 unspecified atom stereocenters. The van der Waals surface area contributed by atoms with Gasteiger partial charge in [0.25, 0.3) is 0 Å². The summed E-state index contributed by atoms with van der Waals surface area (Å²) in [6, 6.07) is 0.0109. The summed E-state index contributed by atoms with van der Waals surface area (Å²) in [5.74, 6) is -0.909. The van der Waals surface area contributed by atoms with E-state index in [0.29, 0.717) is 13.0 Å². The number of aliphatic hydroxyl groups excluding tert-OH is 1. The molecular formula is C12H25N3O3. The summed E-state index contributed by atoms with van der Waals surface area (Å²) in [4.78, 5) is 14.1. The number of oxime groups is 1. The number of aliphatic hydroxyl groups is 1. The number of hydrogen-bond acceptors (Lipinski definition) is 4. The van der Waals surface area contributed by atoms with Gasteiger partial charge in [0, 0.05) is 19.2 Å². The third-order valence-electron chi connectivity index (χ3n) is 2.83. The fourth-order valence-corrected chi connectivity index (χ4v) is 1.86. The van der Waals surface area contributed by atoms with Crippen molar-refractivity contribution in [3.8, 4) is 0 Å². The van der Waals surface area contributed by atoms with E-state index in [2.05, 4.69) is 5.16 Å².